The van der Waals surface area contributed by atoms with Crippen LogP contribution in [0.1, 0.15) is 32.6 Å². The molecule has 0 aromatic heterocycles. The third-order valence-corrected chi connectivity index (χ3v) is 2.48. The van der Waals surface area contributed by atoms with E-state index in [1.807, 2.05) is 6.07 Å². The van der Waals surface area contributed by atoms with Crippen molar-refractivity contribution in [3.8, 4) is 0 Å². The molecule has 0 bridgehead atoms. The first kappa shape index (κ1) is 14.0. The maximum atomic E-state index is 11.6. The van der Waals surface area contributed by atoms with Crippen molar-refractivity contribution in [2.24, 2.45) is 5.73 Å². The topological polar surface area (TPSA) is 75.4 Å². The van der Waals surface area contributed by atoms with Crippen molar-refractivity contribution in [3.05, 3.63) is 30.3 Å². The van der Waals surface area contributed by atoms with Gasteiger partial charge in [0.05, 0.1) is 5.69 Å². The van der Waals surface area contributed by atoms with Crippen molar-refractivity contribution in [1.82, 2.24) is 5.43 Å². The van der Waals surface area contributed by atoms with Crippen molar-refractivity contribution < 1.29 is 9.59 Å². The fourth-order valence-corrected chi connectivity index (χ4v) is 1.54. The van der Waals surface area contributed by atoms with Crippen LogP contribution in [0, 0.1) is 0 Å². The Bertz CT molecular complexity index is 392. The summed E-state index contributed by atoms with van der Waals surface area (Å²) in [6, 6.07) is 8.08. The van der Waals surface area contributed by atoms with Gasteiger partial charge in [0.2, 0.25) is 5.91 Å². The highest BCUT2D eigenvalue weighted by molar-refractivity contribution is 5.94. The van der Waals surface area contributed by atoms with E-state index in [1.54, 1.807) is 24.3 Å². The van der Waals surface area contributed by atoms with E-state index in [9.17, 15) is 9.59 Å². The zero-order chi connectivity index (χ0) is 13.4. The van der Waals surface area contributed by atoms with Gasteiger partial charge in [-0.3, -0.25) is 10.2 Å². The van der Waals surface area contributed by atoms with Crippen molar-refractivity contribution in [3.63, 3.8) is 0 Å². The number of nitrogens with one attached hydrogen (secondary N) is 1. The summed E-state index contributed by atoms with van der Waals surface area (Å²) in [4.78, 5) is 22.9. The summed E-state index contributed by atoms with van der Waals surface area (Å²) in [5.74, 6) is -0.203. The highest BCUT2D eigenvalue weighted by Gasteiger charge is 2.14. The van der Waals surface area contributed by atoms with E-state index in [1.165, 1.54) is 0 Å². The number of benzene rings is 1. The van der Waals surface area contributed by atoms with Gasteiger partial charge in [0.15, 0.2) is 0 Å². The minimum Gasteiger partial charge on any atom is -0.350 e. The molecule has 0 aliphatic carbocycles. The lowest BCUT2D eigenvalue weighted by Gasteiger charge is -2.21. The quantitative estimate of drug-likeness (QED) is 0.620. The van der Waals surface area contributed by atoms with Gasteiger partial charge in [0.25, 0.3) is 0 Å². The molecule has 0 saturated heterocycles. The Balaban J connectivity index is 2.59. The number of amides is 3. The predicted molar refractivity (Wildman–Crippen MR) is 70.8 cm³/mol. The molecular formula is C13H19N3O2. The highest BCUT2D eigenvalue weighted by Crippen LogP contribution is 2.10. The van der Waals surface area contributed by atoms with Gasteiger partial charge >= 0.3 is 6.03 Å². The molecule has 3 N–H and O–H groups in total. The molecule has 0 unspecified atom stereocenters. The van der Waals surface area contributed by atoms with Crippen LogP contribution in [0.5, 0.6) is 0 Å². The van der Waals surface area contributed by atoms with Gasteiger partial charge in [-0.2, -0.15) is 0 Å². The molecule has 5 heteroatoms. The van der Waals surface area contributed by atoms with Gasteiger partial charge in [-0.15, -0.1) is 0 Å². The van der Waals surface area contributed by atoms with Gasteiger partial charge in [0.1, 0.15) is 0 Å². The number of nitrogens with two attached hydrogens (primary N) is 1. The number of hydrazine groups is 1. The largest absolute Gasteiger partial charge is 0.350 e. The average molecular weight is 249 g/mol. The van der Waals surface area contributed by atoms with E-state index in [0.29, 0.717) is 12.1 Å². The van der Waals surface area contributed by atoms with Crippen molar-refractivity contribution in [2.75, 3.05) is 5.01 Å². The number of hydrogen-bond donors (Lipinski definition) is 2. The number of hydrogen-bond acceptors (Lipinski definition) is 2. The van der Waals surface area contributed by atoms with E-state index >= 15 is 0 Å². The second kappa shape index (κ2) is 7.32. The highest BCUT2D eigenvalue weighted by atomic mass is 16.2. The normalized spacial score (nSPS) is 9.83. The molecule has 3 amide bonds. The fourth-order valence-electron chi connectivity index (χ4n) is 1.54. The minimum absolute atomic E-state index is 0.203. The van der Waals surface area contributed by atoms with Crippen LogP contribution in [0.25, 0.3) is 0 Å². The Labute approximate surface area is 107 Å². The van der Waals surface area contributed by atoms with Crippen LogP contribution < -0.4 is 16.2 Å². The van der Waals surface area contributed by atoms with Crippen LogP contribution in [0.2, 0.25) is 0 Å². The van der Waals surface area contributed by atoms with Gasteiger partial charge in [-0.05, 0) is 18.6 Å². The molecule has 18 heavy (non-hydrogen) atoms. The van der Waals surface area contributed by atoms with E-state index < -0.39 is 6.03 Å². The van der Waals surface area contributed by atoms with Crippen molar-refractivity contribution in [1.29, 1.82) is 0 Å². The molecule has 1 aromatic carbocycles. The Morgan fingerprint density at radius 2 is 1.89 bits per heavy atom. The standard InChI is InChI=1S/C13H19N3O2/c1-2-3-5-10-12(17)15-16(13(14)18)11-8-6-4-7-9-11/h4,6-9H,2-3,5,10H2,1H3,(H2,14,18)(H,15,17). The summed E-state index contributed by atoms with van der Waals surface area (Å²) in [5, 5.41) is 1.06. The van der Waals surface area contributed by atoms with E-state index in [2.05, 4.69) is 12.3 Å². The van der Waals surface area contributed by atoms with Crippen molar-refractivity contribution in [2.45, 2.75) is 32.6 Å². The maximum absolute atomic E-state index is 11.6. The Hall–Kier alpha value is -2.04. The Morgan fingerprint density at radius 3 is 2.44 bits per heavy atom. The number of primary amides is 1. The molecule has 98 valence electrons. The van der Waals surface area contributed by atoms with Gasteiger partial charge in [-0.25, -0.2) is 9.80 Å². The SMILES string of the molecule is CCCCCC(=O)NN(C(N)=O)c1ccccc1. The summed E-state index contributed by atoms with van der Waals surface area (Å²) in [6.45, 7) is 2.07. The first-order valence-corrected chi connectivity index (χ1v) is 6.09. The molecule has 0 aliphatic heterocycles. The van der Waals surface area contributed by atoms with Crippen LogP contribution in [0.3, 0.4) is 0 Å². The van der Waals surface area contributed by atoms with Crippen LogP contribution in [-0.2, 0) is 4.79 Å². The molecule has 0 fully saturated rings. The second-order valence-corrected chi connectivity index (χ2v) is 4.00. The molecule has 0 radical (unpaired) electrons. The predicted octanol–water partition coefficient (Wildman–Crippen LogP) is 2.18. The van der Waals surface area contributed by atoms with Gasteiger partial charge in [0, 0.05) is 6.42 Å². The number of para-hydroxylation sites is 1. The number of carbonyl (C=O) groups excluding carboxylic acids is 2. The summed E-state index contributed by atoms with van der Waals surface area (Å²) >= 11 is 0. The third kappa shape index (κ3) is 4.45. The summed E-state index contributed by atoms with van der Waals surface area (Å²) in [5.41, 5.74) is 8.31. The molecule has 0 heterocycles. The average Bonchev–Trinajstić information content (AvgIpc) is 2.37. The summed E-state index contributed by atoms with van der Waals surface area (Å²) < 4.78 is 0. The Morgan fingerprint density at radius 1 is 1.22 bits per heavy atom. The molecule has 0 aliphatic rings. The molecule has 1 aromatic rings. The van der Waals surface area contributed by atoms with E-state index in [-0.39, 0.29) is 5.91 Å². The maximum Gasteiger partial charge on any atom is 0.338 e. The monoisotopic (exact) mass is 249 g/mol. The molecule has 0 atom stereocenters. The summed E-state index contributed by atoms with van der Waals surface area (Å²) in [7, 11) is 0. The number of unbranched alkanes of at least 4 members (excludes halogenated alkanes) is 2. The number of carbonyl (C=O) groups is 2. The van der Waals surface area contributed by atoms with Crippen LogP contribution >= 0.6 is 0 Å². The number of rotatable bonds is 5. The number of anilines is 1. The fraction of sp³-hybridized carbons (Fsp3) is 0.385. The van der Waals surface area contributed by atoms with Gasteiger partial charge in [-0.1, -0.05) is 38.0 Å². The molecular weight excluding hydrogens is 230 g/mol. The van der Waals surface area contributed by atoms with Crippen LogP contribution in [0.15, 0.2) is 30.3 Å². The number of nitrogens with zero attached hydrogens (tertiary/aromatic N) is 1. The molecule has 1 rings (SSSR count). The van der Waals surface area contributed by atoms with Crippen LogP contribution in [0.4, 0.5) is 10.5 Å². The van der Waals surface area contributed by atoms with E-state index in [4.69, 9.17) is 5.73 Å². The zero-order valence-corrected chi connectivity index (χ0v) is 10.6. The molecule has 5 nitrogen and oxygen atoms in total. The van der Waals surface area contributed by atoms with Crippen LogP contribution in [-0.4, -0.2) is 11.9 Å². The minimum atomic E-state index is -0.704. The smallest absolute Gasteiger partial charge is 0.338 e. The lowest BCUT2D eigenvalue weighted by Crippen LogP contribution is -2.49. The molecule has 0 spiro atoms. The third-order valence-electron chi connectivity index (χ3n) is 2.48. The Kier molecular flexibility index (Phi) is 5.70. The molecule has 0 saturated carbocycles. The van der Waals surface area contributed by atoms with E-state index in [0.717, 1.165) is 24.3 Å². The van der Waals surface area contributed by atoms with Gasteiger partial charge < -0.3 is 5.73 Å². The first-order valence-electron chi connectivity index (χ1n) is 6.09. The number of urea groups is 1. The first-order chi connectivity index (χ1) is 8.65. The summed E-state index contributed by atoms with van der Waals surface area (Å²) in [6.07, 6.45) is 3.25. The lowest BCUT2D eigenvalue weighted by atomic mass is 10.2. The zero-order valence-electron chi connectivity index (χ0n) is 10.6. The van der Waals surface area contributed by atoms with Crippen molar-refractivity contribution >= 4 is 17.6 Å². The lowest BCUT2D eigenvalue weighted by molar-refractivity contribution is -0.121. The second-order valence-electron chi connectivity index (χ2n) is 4.00.